The van der Waals surface area contributed by atoms with Gasteiger partial charge in [0, 0.05) is 45.3 Å². The minimum Gasteiger partial charge on any atom is -0.302 e. The number of likely N-dealkylation sites (tertiary alicyclic amines) is 1. The molecule has 3 aliphatic rings. The van der Waals surface area contributed by atoms with E-state index in [1.54, 1.807) is 8.61 Å². The summed E-state index contributed by atoms with van der Waals surface area (Å²) in [7, 11) is -3.24. The molecule has 0 spiro atoms. The molecule has 0 aromatic rings. The molecule has 7 heteroatoms. The summed E-state index contributed by atoms with van der Waals surface area (Å²) in [5.41, 5.74) is 0. The van der Waals surface area contributed by atoms with Crippen LogP contribution in [0, 0.1) is 0 Å². The molecule has 0 aromatic heterocycles. The van der Waals surface area contributed by atoms with Crippen LogP contribution in [0.2, 0.25) is 0 Å². The molecule has 0 unspecified atom stereocenters. The summed E-state index contributed by atoms with van der Waals surface area (Å²) in [6, 6.07) is 0.507. The van der Waals surface area contributed by atoms with Crippen molar-refractivity contribution in [2.24, 2.45) is 0 Å². The molecule has 3 rings (SSSR count). The molecule has 0 saturated carbocycles. The molecule has 3 saturated heterocycles. The maximum atomic E-state index is 12.8. The molecule has 25 heavy (non-hydrogen) atoms. The summed E-state index contributed by atoms with van der Waals surface area (Å²) in [5, 5.41) is 0. The fourth-order valence-electron chi connectivity index (χ4n) is 4.48. The Morgan fingerprint density at radius 1 is 0.680 bits per heavy atom. The third-order valence-electron chi connectivity index (χ3n) is 6.05. The third-order valence-corrected chi connectivity index (χ3v) is 8.09. The van der Waals surface area contributed by atoms with Gasteiger partial charge in [-0.15, -0.1) is 0 Å². The lowest BCUT2D eigenvalue weighted by atomic mass is 10.2. The maximum Gasteiger partial charge on any atom is 0.282 e. The van der Waals surface area contributed by atoms with Crippen LogP contribution in [-0.4, -0.2) is 91.8 Å². The average Bonchev–Trinajstić information content (AvgIpc) is 2.86. The number of rotatable bonds is 5. The minimum atomic E-state index is -3.24. The second-order valence-corrected chi connectivity index (χ2v) is 9.89. The van der Waals surface area contributed by atoms with Gasteiger partial charge in [0.2, 0.25) is 0 Å². The van der Waals surface area contributed by atoms with Crippen LogP contribution in [0.1, 0.15) is 51.9 Å². The van der Waals surface area contributed by atoms with Gasteiger partial charge in [-0.05, 0) is 58.7 Å². The second kappa shape index (κ2) is 9.13. The molecule has 1 atom stereocenters. The highest BCUT2D eigenvalue weighted by Crippen LogP contribution is 2.19. The van der Waals surface area contributed by atoms with Crippen molar-refractivity contribution in [3.63, 3.8) is 0 Å². The van der Waals surface area contributed by atoms with Crippen molar-refractivity contribution in [1.82, 2.24) is 18.4 Å². The Bertz CT molecular complexity index is 499. The van der Waals surface area contributed by atoms with E-state index in [0.717, 1.165) is 38.9 Å². The molecular weight excluding hydrogens is 336 g/mol. The zero-order valence-corrected chi connectivity index (χ0v) is 16.7. The fraction of sp³-hybridized carbons (Fsp3) is 1.00. The summed E-state index contributed by atoms with van der Waals surface area (Å²) in [6.45, 7) is 10.5. The van der Waals surface area contributed by atoms with Crippen molar-refractivity contribution >= 4 is 10.2 Å². The van der Waals surface area contributed by atoms with Gasteiger partial charge in [-0.25, -0.2) is 0 Å². The zero-order valence-electron chi connectivity index (χ0n) is 15.9. The van der Waals surface area contributed by atoms with Gasteiger partial charge in [0.25, 0.3) is 10.2 Å². The normalized spacial score (nSPS) is 27.9. The van der Waals surface area contributed by atoms with Crippen LogP contribution in [0.5, 0.6) is 0 Å². The topological polar surface area (TPSA) is 47.1 Å². The van der Waals surface area contributed by atoms with Gasteiger partial charge in [-0.3, -0.25) is 4.90 Å². The Balaban J connectivity index is 1.52. The van der Waals surface area contributed by atoms with Crippen LogP contribution < -0.4 is 0 Å². The van der Waals surface area contributed by atoms with Crippen LogP contribution in [0.25, 0.3) is 0 Å². The Labute approximate surface area is 154 Å². The Morgan fingerprint density at radius 2 is 1.24 bits per heavy atom. The molecule has 146 valence electrons. The molecule has 0 amide bonds. The molecule has 0 aliphatic carbocycles. The van der Waals surface area contributed by atoms with E-state index in [0.29, 0.717) is 32.2 Å². The summed E-state index contributed by atoms with van der Waals surface area (Å²) in [4.78, 5) is 5.12. The van der Waals surface area contributed by atoms with Crippen molar-refractivity contribution < 1.29 is 8.42 Å². The van der Waals surface area contributed by atoms with E-state index in [4.69, 9.17) is 0 Å². The molecule has 0 bridgehead atoms. The second-order valence-electron chi connectivity index (χ2n) is 7.97. The van der Waals surface area contributed by atoms with Crippen LogP contribution >= 0.6 is 0 Å². The van der Waals surface area contributed by atoms with E-state index in [1.165, 1.54) is 38.8 Å². The van der Waals surface area contributed by atoms with Crippen LogP contribution in [0.15, 0.2) is 0 Å². The Morgan fingerprint density at radius 3 is 1.92 bits per heavy atom. The summed E-state index contributed by atoms with van der Waals surface area (Å²) in [5.74, 6) is 0. The zero-order chi connectivity index (χ0) is 17.7. The van der Waals surface area contributed by atoms with E-state index in [-0.39, 0.29) is 0 Å². The summed E-state index contributed by atoms with van der Waals surface area (Å²) in [6.07, 6.45) is 8.36. The smallest absolute Gasteiger partial charge is 0.282 e. The predicted octanol–water partition coefficient (Wildman–Crippen LogP) is 1.60. The molecule has 0 aromatic carbocycles. The fourth-order valence-corrected chi connectivity index (χ4v) is 6.19. The lowest BCUT2D eigenvalue weighted by molar-refractivity contribution is 0.155. The van der Waals surface area contributed by atoms with Gasteiger partial charge >= 0.3 is 0 Å². The first-order valence-corrected chi connectivity index (χ1v) is 11.7. The Hall–Kier alpha value is -0.210. The molecule has 0 N–H and O–H groups in total. The first-order valence-electron chi connectivity index (χ1n) is 10.3. The third kappa shape index (κ3) is 5.16. The van der Waals surface area contributed by atoms with Crippen LogP contribution in [0.4, 0.5) is 0 Å². The van der Waals surface area contributed by atoms with Gasteiger partial charge in [-0.1, -0.05) is 12.8 Å². The monoisotopic (exact) mass is 372 g/mol. The van der Waals surface area contributed by atoms with E-state index in [2.05, 4.69) is 16.7 Å². The van der Waals surface area contributed by atoms with Gasteiger partial charge in [0.15, 0.2) is 0 Å². The van der Waals surface area contributed by atoms with Crippen molar-refractivity contribution in [2.75, 3.05) is 58.9 Å². The SMILES string of the molecule is C[C@@H](CN1CCCCCC1)N1CCCN(S(=O)(=O)N2CCCC2)CC1. The molecule has 3 heterocycles. The van der Waals surface area contributed by atoms with E-state index < -0.39 is 10.2 Å². The van der Waals surface area contributed by atoms with Crippen molar-refractivity contribution in [3.8, 4) is 0 Å². The molecule has 3 aliphatic heterocycles. The van der Waals surface area contributed by atoms with Gasteiger partial charge in [0.1, 0.15) is 0 Å². The van der Waals surface area contributed by atoms with E-state index in [9.17, 15) is 8.42 Å². The highest BCUT2D eigenvalue weighted by molar-refractivity contribution is 7.86. The highest BCUT2D eigenvalue weighted by atomic mass is 32.2. The van der Waals surface area contributed by atoms with Crippen LogP contribution in [-0.2, 0) is 10.2 Å². The average molecular weight is 373 g/mol. The van der Waals surface area contributed by atoms with Crippen molar-refractivity contribution in [3.05, 3.63) is 0 Å². The summed E-state index contributed by atoms with van der Waals surface area (Å²) >= 11 is 0. The highest BCUT2D eigenvalue weighted by Gasteiger charge is 2.33. The van der Waals surface area contributed by atoms with Crippen molar-refractivity contribution in [2.45, 2.75) is 57.9 Å². The lowest BCUT2D eigenvalue weighted by Crippen LogP contribution is -2.46. The Kier molecular flexibility index (Phi) is 7.14. The van der Waals surface area contributed by atoms with Gasteiger partial charge in [-0.2, -0.15) is 17.0 Å². The maximum absolute atomic E-state index is 12.8. The molecular formula is C18H36N4O2S. The number of hydrogen-bond acceptors (Lipinski definition) is 4. The van der Waals surface area contributed by atoms with Gasteiger partial charge in [0.05, 0.1) is 0 Å². The van der Waals surface area contributed by atoms with E-state index >= 15 is 0 Å². The van der Waals surface area contributed by atoms with Crippen molar-refractivity contribution in [1.29, 1.82) is 0 Å². The lowest BCUT2D eigenvalue weighted by Gasteiger charge is -2.32. The number of nitrogens with zero attached hydrogens (tertiary/aromatic N) is 4. The predicted molar refractivity (Wildman–Crippen MR) is 102 cm³/mol. The van der Waals surface area contributed by atoms with E-state index in [1.807, 2.05) is 0 Å². The molecule has 6 nitrogen and oxygen atoms in total. The largest absolute Gasteiger partial charge is 0.302 e. The van der Waals surface area contributed by atoms with Gasteiger partial charge < -0.3 is 4.90 Å². The quantitative estimate of drug-likeness (QED) is 0.735. The standard InChI is InChI=1S/C18H36N4O2S/c1-18(17-19-9-4-2-3-5-10-19)20-11-8-14-22(16-15-20)25(23,24)21-12-6-7-13-21/h18H,2-17H2,1H3/t18-/m0/s1. The molecule has 0 radical (unpaired) electrons. The summed E-state index contributed by atoms with van der Waals surface area (Å²) < 4.78 is 29.0. The number of hydrogen-bond donors (Lipinski definition) is 0. The van der Waals surface area contributed by atoms with Crippen LogP contribution in [0.3, 0.4) is 0 Å². The first-order chi connectivity index (χ1) is 12.1. The minimum absolute atomic E-state index is 0.507. The first kappa shape index (κ1) is 19.5. The molecule has 3 fully saturated rings.